The van der Waals surface area contributed by atoms with Gasteiger partial charge in [0.2, 0.25) is 11.8 Å². The lowest BCUT2D eigenvalue weighted by molar-refractivity contribution is 0.392. The fourth-order valence-electron chi connectivity index (χ4n) is 2.16. The van der Waals surface area contributed by atoms with E-state index in [1.807, 2.05) is 24.5 Å². The van der Waals surface area contributed by atoms with Crippen molar-refractivity contribution in [2.24, 2.45) is 0 Å². The molecular weight excluding hydrogens is 258 g/mol. The summed E-state index contributed by atoms with van der Waals surface area (Å²) in [6.07, 6.45) is 0. The Balaban J connectivity index is 2.13. The number of nitrogens with zero attached hydrogens (tertiary/aromatic N) is 4. The highest BCUT2D eigenvalue weighted by Gasteiger charge is 2.15. The van der Waals surface area contributed by atoms with E-state index in [4.69, 9.17) is 15.0 Å². The van der Waals surface area contributed by atoms with Crippen molar-refractivity contribution in [3.63, 3.8) is 0 Å². The first-order valence-electron chi connectivity index (χ1n) is 6.18. The van der Waals surface area contributed by atoms with E-state index in [0.717, 1.165) is 22.5 Å². The highest BCUT2D eigenvalue weighted by Crippen LogP contribution is 2.22. The molecular formula is C13H15N5O2. The molecule has 3 aromatic rings. The van der Waals surface area contributed by atoms with Crippen LogP contribution in [-0.4, -0.2) is 26.8 Å². The second-order valence-corrected chi connectivity index (χ2v) is 4.56. The van der Waals surface area contributed by atoms with E-state index in [-0.39, 0.29) is 0 Å². The molecule has 0 saturated carbocycles. The number of hydrogen-bond acceptors (Lipinski definition) is 6. The summed E-state index contributed by atoms with van der Waals surface area (Å²) >= 11 is 0. The monoisotopic (exact) mass is 273 g/mol. The van der Waals surface area contributed by atoms with Gasteiger partial charge < -0.3 is 15.0 Å². The molecule has 0 bridgehead atoms. The summed E-state index contributed by atoms with van der Waals surface area (Å²) in [5.74, 6) is 1.70. The fourth-order valence-corrected chi connectivity index (χ4v) is 2.16. The number of hydrogen-bond donors (Lipinski definition) is 1. The predicted molar refractivity (Wildman–Crippen MR) is 73.6 cm³/mol. The molecule has 0 aromatic carbocycles. The average Bonchev–Trinajstić information content (AvgIpc) is 2.92. The van der Waals surface area contributed by atoms with Crippen LogP contribution in [0.5, 0.6) is 5.88 Å². The van der Waals surface area contributed by atoms with Crippen molar-refractivity contribution in [3.05, 3.63) is 29.2 Å². The van der Waals surface area contributed by atoms with E-state index in [1.165, 1.54) is 0 Å². The van der Waals surface area contributed by atoms with Crippen LogP contribution in [0.4, 0.5) is 5.95 Å². The van der Waals surface area contributed by atoms with Crippen molar-refractivity contribution < 1.29 is 9.26 Å². The van der Waals surface area contributed by atoms with Crippen LogP contribution >= 0.6 is 0 Å². The molecule has 0 aliphatic heterocycles. The van der Waals surface area contributed by atoms with Gasteiger partial charge in [0, 0.05) is 11.6 Å². The summed E-state index contributed by atoms with van der Waals surface area (Å²) in [6.45, 7) is 4.29. The first-order valence-corrected chi connectivity index (χ1v) is 6.18. The number of nitrogen functional groups attached to an aromatic ring is 1. The second-order valence-electron chi connectivity index (χ2n) is 4.56. The van der Waals surface area contributed by atoms with Crippen LogP contribution in [0.3, 0.4) is 0 Å². The van der Waals surface area contributed by atoms with Crippen LogP contribution in [0.15, 0.2) is 16.7 Å². The van der Waals surface area contributed by atoms with Gasteiger partial charge in [-0.2, -0.15) is 4.98 Å². The number of anilines is 1. The molecule has 0 aliphatic rings. The molecule has 3 rings (SSSR count). The van der Waals surface area contributed by atoms with Crippen LogP contribution in [0, 0.1) is 13.8 Å². The summed E-state index contributed by atoms with van der Waals surface area (Å²) < 4.78 is 12.1. The van der Waals surface area contributed by atoms with Gasteiger partial charge in [-0.15, -0.1) is 0 Å². The van der Waals surface area contributed by atoms with E-state index in [1.54, 1.807) is 13.2 Å². The number of nitrogens with two attached hydrogens (primary N) is 1. The number of aryl methyl sites for hydroxylation is 2. The second kappa shape index (κ2) is 4.52. The molecule has 0 amide bonds. The molecule has 3 aromatic heterocycles. The minimum absolute atomic E-state index is 0.403. The van der Waals surface area contributed by atoms with Crippen LogP contribution < -0.4 is 10.5 Å². The van der Waals surface area contributed by atoms with Crippen LogP contribution in [-0.2, 0) is 6.54 Å². The first kappa shape index (κ1) is 12.5. The molecule has 3 heterocycles. The Morgan fingerprint density at radius 2 is 2.10 bits per heavy atom. The molecule has 7 heteroatoms. The van der Waals surface area contributed by atoms with Gasteiger partial charge >= 0.3 is 0 Å². The van der Waals surface area contributed by atoms with Crippen molar-refractivity contribution >= 4 is 17.1 Å². The molecule has 2 N–H and O–H groups in total. The summed E-state index contributed by atoms with van der Waals surface area (Å²) in [4.78, 5) is 8.70. The maximum Gasteiger partial charge on any atom is 0.215 e. The quantitative estimate of drug-likeness (QED) is 0.780. The van der Waals surface area contributed by atoms with Gasteiger partial charge in [-0.3, -0.25) is 4.57 Å². The molecule has 20 heavy (non-hydrogen) atoms. The molecule has 7 nitrogen and oxygen atoms in total. The third kappa shape index (κ3) is 1.87. The Bertz CT molecular complexity index is 755. The molecule has 0 spiro atoms. The summed E-state index contributed by atoms with van der Waals surface area (Å²) in [5.41, 5.74) is 9.22. The highest BCUT2D eigenvalue weighted by atomic mass is 16.5. The number of rotatable bonds is 3. The van der Waals surface area contributed by atoms with Gasteiger partial charge in [0.05, 0.1) is 19.3 Å². The Labute approximate surface area is 115 Å². The fraction of sp³-hybridized carbons (Fsp3) is 0.308. The molecule has 0 atom stereocenters. The van der Waals surface area contributed by atoms with Gasteiger partial charge in [0.25, 0.3) is 0 Å². The van der Waals surface area contributed by atoms with Crippen molar-refractivity contribution in [1.82, 2.24) is 19.7 Å². The van der Waals surface area contributed by atoms with Gasteiger partial charge in [0.15, 0.2) is 5.65 Å². The first-order chi connectivity index (χ1) is 9.60. The standard InChI is InChI=1S/C13H15N5O2/c1-7-9(8(2)20-17-7)6-18-12-10(15-13(18)14)4-5-11(16-12)19-3/h4-5H,6H2,1-3H3,(H2,14,15). The molecule has 0 saturated heterocycles. The maximum atomic E-state index is 5.98. The SMILES string of the molecule is COc1ccc2nc(N)n(Cc3c(C)noc3C)c2n1. The zero-order valence-corrected chi connectivity index (χ0v) is 11.5. The van der Waals surface area contributed by atoms with Crippen LogP contribution in [0.2, 0.25) is 0 Å². The molecule has 104 valence electrons. The number of aromatic nitrogens is 4. The van der Waals surface area contributed by atoms with Crippen molar-refractivity contribution in [3.8, 4) is 5.88 Å². The van der Waals surface area contributed by atoms with Gasteiger partial charge in [-0.1, -0.05) is 5.16 Å². The minimum Gasteiger partial charge on any atom is -0.481 e. The van der Waals surface area contributed by atoms with E-state index in [2.05, 4.69) is 15.1 Å². The third-order valence-corrected chi connectivity index (χ3v) is 3.30. The van der Waals surface area contributed by atoms with Crippen molar-refractivity contribution in [1.29, 1.82) is 0 Å². The summed E-state index contributed by atoms with van der Waals surface area (Å²) in [7, 11) is 1.58. The topological polar surface area (TPSA) is 92.0 Å². The lowest BCUT2D eigenvalue weighted by atomic mass is 10.2. The lowest BCUT2D eigenvalue weighted by Gasteiger charge is -2.06. The number of pyridine rings is 1. The average molecular weight is 273 g/mol. The van der Waals surface area contributed by atoms with Crippen molar-refractivity contribution in [2.45, 2.75) is 20.4 Å². The Morgan fingerprint density at radius 3 is 2.75 bits per heavy atom. The third-order valence-electron chi connectivity index (χ3n) is 3.30. The zero-order valence-electron chi connectivity index (χ0n) is 11.5. The van der Waals surface area contributed by atoms with E-state index in [9.17, 15) is 0 Å². The number of fused-ring (bicyclic) bond motifs is 1. The molecule has 0 fully saturated rings. The number of imidazole rings is 1. The van der Waals surface area contributed by atoms with Crippen molar-refractivity contribution in [2.75, 3.05) is 12.8 Å². The summed E-state index contributed by atoms with van der Waals surface area (Å²) in [5, 5.41) is 3.95. The van der Waals surface area contributed by atoms with E-state index in [0.29, 0.717) is 24.0 Å². The predicted octanol–water partition coefficient (Wildman–Crippen LogP) is 1.68. The molecule has 0 aliphatic carbocycles. The minimum atomic E-state index is 0.403. The molecule has 0 radical (unpaired) electrons. The maximum absolute atomic E-state index is 5.98. The summed E-state index contributed by atoms with van der Waals surface area (Å²) in [6, 6.07) is 3.59. The van der Waals surface area contributed by atoms with Gasteiger partial charge in [0.1, 0.15) is 11.3 Å². The Morgan fingerprint density at radius 1 is 1.30 bits per heavy atom. The normalized spacial score (nSPS) is 11.2. The van der Waals surface area contributed by atoms with Gasteiger partial charge in [-0.05, 0) is 19.9 Å². The smallest absolute Gasteiger partial charge is 0.215 e. The molecule has 0 unspecified atom stereocenters. The zero-order chi connectivity index (χ0) is 14.3. The number of ether oxygens (including phenoxy) is 1. The number of methoxy groups -OCH3 is 1. The largest absolute Gasteiger partial charge is 0.481 e. The lowest BCUT2D eigenvalue weighted by Crippen LogP contribution is -2.06. The van der Waals surface area contributed by atoms with Crippen LogP contribution in [0.1, 0.15) is 17.0 Å². The highest BCUT2D eigenvalue weighted by molar-refractivity contribution is 5.75. The Hall–Kier alpha value is -2.57. The Kier molecular flexibility index (Phi) is 2.81. The van der Waals surface area contributed by atoms with E-state index < -0.39 is 0 Å². The van der Waals surface area contributed by atoms with Gasteiger partial charge in [-0.25, -0.2) is 4.98 Å². The van der Waals surface area contributed by atoms with Crippen LogP contribution in [0.25, 0.3) is 11.2 Å². The van der Waals surface area contributed by atoms with E-state index >= 15 is 0 Å².